The molecular formula is C25H26N3O2+. The number of aryl methyl sites for hydroxylation is 1. The number of hydrogen-bond donors (Lipinski definition) is 2. The summed E-state index contributed by atoms with van der Waals surface area (Å²) in [5, 5.41) is 15.5. The predicted octanol–water partition coefficient (Wildman–Crippen LogP) is 5.05. The Hall–Kier alpha value is -3.60. The fourth-order valence-corrected chi connectivity index (χ4v) is 3.51. The summed E-state index contributed by atoms with van der Waals surface area (Å²) in [6.45, 7) is 4.82. The Kier molecular flexibility index (Phi) is 5.80. The minimum atomic E-state index is -0.269. The maximum Gasteiger partial charge on any atom is 0.273 e. The van der Waals surface area contributed by atoms with E-state index in [0.717, 1.165) is 40.1 Å². The van der Waals surface area contributed by atoms with Gasteiger partial charge >= 0.3 is 0 Å². The minimum absolute atomic E-state index is 0.185. The van der Waals surface area contributed by atoms with Crippen molar-refractivity contribution in [2.75, 3.05) is 11.9 Å². The van der Waals surface area contributed by atoms with Crippen molar-refractivity contribution >= 4 is 16.7 Å². The van der Waals surface area contributed by atoms with Gasteiger partial charge in [0, 0.05) is 28.8 Å². The number of aromatic amines is 1. The van der Waals surface area contributed by atoms with Gasteiger partial charge in [0.05, 0.1) is 12.8 Å². The third-order valence-electron chi connectivity index (χ3n) is 5.03. The van der Waals surface area contributed by atoms with Gasteiger partial charge in [0.2, 0.25) is 0 Å². The first kappa shape index (κ1) is 19.7. The van der Waals surface area contributed by atoms with Crippen LogP contribution in [-0.4, -0.2) is 16.7 Å². The van der Waals surface area contributed by atoms with Gasteiger partial charge in [-0.05, 0) is 49.2 Å². The molecule has 0 radical (unpaired) electrons. The molecule has 152 valence electrons. The largest absolute Gasteiger partial charge is 0.505 e. The molecule has 30 heavy (non-hydrogen) atoms. The number of H-pyrrole nitrogens is 1. The highest BCUT2D eigenvalue weighted by Crippen LogP contribution is 2.36. The number of rotatable bonds is 7. The van der Waals surface area contributed by atoms with Crippen molar-refractivity contribution < 1.29 is 14.8 Å². The molecule has 0 spiro atoms. The van der Waals surface area contributed by atoms with Gasteiger partial charge in [0.25, 0.3) is 5.82 Å². The average molecular weight is 401 g/mol. The molecule has 2 aromatic carbocycles. The van der Waals surface area contributed by atoms with Crippen LogP contribution >= 0.6 is 0 Å². The average Bonchev–Trinajstić information content (AvgIpc) is 2.77. The Labute approximate surface area is 176 Å². The summed E-state index contributed by atoms with van der Waals surface area (Å²) in [4.78, 5) is 7.62. The number of phenols is 1. The number of aromatic hydroxyl groups is 1. The lowest BCUT2D eigenvalue weighted by atomic mass is 9.96. The second-order valence-electron chi connectivity index (χ2n) is 7.35. The number of nitrogens with one attached hydrogen (secondary N) is 2. The molecule has 5 nitrogen and oxygen atoms in total. The Morgan fingerprint density at radius 3 is 2.70 bits per heavy atom. The third-order valence-corrected chi connectivity index (χ3v) is 5.03. The molecular weight excluding hydrogens is 374 g/mol. The maximum absolute atomic E-state index is 11.0. The van der Waals surface area contributed by atoms with Crippen LogP contribution in [-0.2, 0) is 0 Å². The van der Waals surface area contributed by atoms with E-state index in [4.69, 9.17) is 4.74 Å². The molecule has 5 heteroatoms. The van der Waals surface area contributed by atoms with Crippen molar-refractivity contribution in [2.24, 2.45) is 0 Å². The zero-order chi connectivity index (χ0) is 20.9. The number of aromatic nitrogens is 2. The van der Waals surface area contributed by atoms with Gasteiger partial charge in [-0.25, -0.2) is 4.98 Å². The van der Waals surface area contributed by atoms with Crippen LogP contribution in [0.4, 0.5) is 5.82 Å². The third kappa shape index (κ3) is 4.20. The molecule has 0 saturated carbocycles. The van der Waals surface area contributed by atoms with Gasteiger partial charge in [0.1, 0.15) is 23.1 Å². The summed E-state index contributed by atoms with van der Waals surface area (Å²) in [7, 11) is 0. The molecule has 0 amide bonds. The Balaban J connectivity index is 1.76. The van der Waals surface area contributed by atoms with Gasteiger partial charge in [0.15, 0.2) is 0 Å². The molecule has 0 saturated heterocycles. The summed E-state index contributed by atoms with van der Waals surface area (Å²) >= 11 is 0. The number of pyridine rings is 2. The summed E-state index contributed by atoms with van der Waals surface area (Å²) in [6, 6.07) is 19.5. The molecule has 2 heterocycles. The lowest BCUT2D eigenvalue weighted by Crippen LogP contribution is -2.19. The number of phenolic OH excluding ortho intramolecular Hbond substituents is 1. The van der Waals surface area contributed by atoms with Crippen LogP contribution in [0.1, 0.15) is 36.1 Å². The second-order valence-corrected chi connectivity index (χ2v) is 7.35. The first-order valence-corrected chi connectivity index (χ1v) is 10.2. The SMILES string of the molecule is CCCOc1ccc([C@@H](Nc2cc(C)cc[nH+]2)c2ccc3cccnc3c2O)cc1. The Bertz CT molecular complexity index is 1140. The normalized spacial score (nSPS) is 11.9. The van der Waals surface area contributed by atoms with Gasteiger partial charge in [-0.1, -0.05) is 31.2 Å². The van der Waals surface area contributed by atoms with E-state index < -0.39 is 0 Å². The summed E-state index contributed by atoms with van der Waals surface area (Å²) in [6.07, 6.45) is 4.56. The highest BCUT2D eigenvalue weighted by Gasteiger charge is 2.24. The van der Waals surface area contributed by atoms with E-state index in [-0.39, 0.29) is 11.8 Å². The quantitative estimate of drug-likeness (QED) is 0.455. The van der Waals surface area contributed by atoms with Crippen LogP contribution in [0.2, 0.25) is 0 Å². The standard InChI is InChI=1S/C25H25N3O2/c1-3-15-30-20-9-6-19(7-10-20)23(28-22-16-17(2)12-14-26-22)21-11-8-18-5-4-13-27-24(18)25(21)29/h4-14,16,23,29H,3,15H2,1-2H3,(H,26,28)/p+1/t23-/m1/s1. The van der Waals surface area contributed by atoms with Crippen molar-refractivity contribution in [1.82, 2.24) is 4.98 Å². The van der Waals surface area contributed by atoms with E-state index in [1.165, 1.54) is 0 Å². The molecule has 0 unspecified atom stereocenters. The monoisotopic (exact) mass is 400 g/mol. The van der Waals surface area contributed by atoms with Crippen molar-refractivity contribution in [3.8, 4) is 11.5 Å². The molecule has 2 aromatic heterocycles. The van der Waals surface area contributed by atoms with Crippen molar-refractivity contribution in [3.05, 3.63) is 89.7 Å². The summed E-state index contributed by atoms with van der Waals surface area (Å²) in [5.74, 6) is 1.89. The fourth-order valence-electron chi connectivity index (χ4n) is 3.51. The number of ether oxygens (including phenoxy) is 1. The number of benzene rings is 2. The molecule has 0 fully saturated rings. The van der Waals surface area contributed by atoms with E-state index in [0.29, 0.717) is 12.1 Å². The van der Waals surface area contributed by atoms with Crippen molar-refractivity contribution in [3.63, 3.8) is 0 Å². The van der Waals surface area contributed by atoms with Gasteiger partial charge < -0.3 is 9.84 Å². The van der Waals surface area contributed by atoms with E-state index in [1.54, 1.807) is 6.20 Å². The molecule has 0 aliphatic rings. The second kappa shape index (κ2) is 8.82. The number of fused-ring (bicyclic) bond motifs is 1. The molecule has 3 N–H and O–H groups in total. The van der Waals surface area contributed by atoms with Crippen LogP contribution in [0, 0.1) is 6.92 Å². The number of hydrogen-bond acceptors (Lipinski definition) is 4. The zero-order valence-corrected chi connectivity index (χ0v) is 17.2. The molecule has 0 aliphatic heterocycles. The van der Waals surface area contributed by atoms with Crippen LogP contribution in [0.15, 0.2) is 73.1 Å². The lowest BCUT2D eigenvalue weighted by molar-refractivity contribution is -0.361. The predicted molar refractivity (Wildman–Crippen MR) is 119 cm³/mol. The Morgan fingerprint density at radius 2 is 1.93 bits per heavy atom. The smallest absolute Gasteiger partial charge is 0.273 e. The first-order chi connectivity index (χ1) is 14.7. The van der Waals surface area contributed by atoms with Crippen LogP contribution in [0.25, 0.3) is 10.9 Å². The molecule has 0 aliphatic carbocycles. The van der Waals surface area contributed by atoms with Crippen molar-refractivity contribution in [1.29, 1.82) is 0 Å². The van der Waals surface area contributed by atoms with E-state index >= 15 is 0 Å². The van der Waals surface area contributed by atoms with E-state index in [1.807, 2.05) is 73.8 Å². The minimum Gasteiger partial charge on any atom is -0.505 e. The van der Waals surface area contributed by atoms with E-state index in [2.05, 4.69) is 22.2 Å². The highest BCUT2D eigenvalue weighted by atomic mass is 16.5. The number of nitrogens with zero attached hydrogens (tertiary/aromatic N) is 1. The summed E-state index contributed by atoms with van der Waals surface area (Å²) < 4.78 is 5.73. The van der Waals surface area contributed by atoms with Crippen LogP contribution in [0.5, 0.6) is 11.5 Å². The molecule has 4 rings (SSSR count). The highest BCUT2D eigenvalue weighted by molar-refractivity contribution is 5.86. The zero-order valence-electron chi connectivity index (χ0n) is 17.2. The number of anilines is 1. The van der Waals surface area contributed by atoms with Gasteiger partial charge in [-0.2, -0.15) is 0 Å². The first-order valence-electron chi connectivity index (χ1n) is 10.2. The molecule has 4 aromatic rings. The van der Waals surface area contributed by atoms with Crippen LogP contribution in [0.3, 0.4) is 0 Å². The van der Waals surface area contributed by atoms with Gasteiger partial charge in [-0.15, -0.1) is 0 Å². The maximum atomic E-state index is 11.0. The Morgan fingerprint density at radius 1 is 1.10 bits per heavy atom. The molecule has 1 atom stereocenters. The topological polar surface area (TPSA) is 68.5 Å². The van der Waals surface area contributed by atoms with Gasteiger partial charge in [-0.3, -0.25) is 10.3 Å². The molecule has 0 bridgehead atoms. The van der Waals surface area contributed by atoms with E-state index in [9.17, 15) is 5.11 Å². The fraction of sp³-hybridized carbons (Fsp3) is 0.200. The summed E-state index contributed by atoms with van der Waals surface area (Å²) in [5.41, 5.74) is 3.51. The van der Waals surface area contributed by atoms with Crippen molar-refractivity contribution in [2.45, 2.75) is 26.3 Å². The lowest BCUT2D eigenvalue weighted by Gasteiger charge is -2.18. The van der Waals surface area contributed by atoms with Crippen LogP contribution < -0.4 is 15.0 Å².